The van der Waals surface area contributed by atoms with E-state index in [0.717, 1.165) is 32.1 Å². The lowest BCUT2D eigenvalue weighted by Crippen LogP contribution is -2.40. The summed E-state index contributed by atoms with van der Waals surface area (Å²) in [5.74, 6) is -0.658. The van der Waals surface area contributed by atoms with Crippen LogP contribution in [0.1, 0.15) is 76.0 Å². The molecule has 1 aromatic rings. The first-order chi connectivity index (χ1) is 15.5. The summed E-state index contributed by atoms with van der Waals surface area (Å²) in [6.45, 7) is 2.46. The highest BCUT2D eigenvalue weighted by molar-refractivity contribution is 6.22. The molecule has 0 bridgehead atoms. The van der Waals surface area contributed by atoms with Gasteiger partial charge in [-0.25, -0.2) is 0 Å². The van der Waals surface area contributed by atoms with Gasteiger partial charge in [-0.1, -0.05) is 19.3 Å². The molecule has 2 heterocycles. The van der Waals surface area contributed by atoms with Crippen molar-refractivity contribution in [1.29, 1.82) is 0 Å². The third-order valence-electron chi connectivity index (χ3n) is 6.76. The molecule has 8 heteroatoms. The zero-order valence-electron chi connectivity index (χ0n) is 18.7. The first kappa shape index (κ1) is 22.5. The van der Waals surface area contributed by atoms with Crippen LogP contribution >= 0.6 is 0 Å². The van der Waals surface area contributed by atoms with Gasteiger partial charge < -0.3 is 14.5 Å². The number of rotatable bonds is 5. The van der Waals surface area contributed by atoms with Gasteiger partial charge in [0.25, 0.3) is 17.7 Å². The van der Waals surface area contributed by atoms with Gasteiger partial charge in [-0.2, -0.15) is 0 Å². The zero-order valence-corrected chi connectivity index (χ0v) is 18.7. The first-order valence-electron chi connectivity index (χ1n) is 11.6. The monoisotopic (exact) mass is 441 g/mol. The molecule has 4 rings (SSSR count). The molecule has 0 spiro atoms. The van der Waals surface area contributed by atoms with Gasteiger partial charge in [0, 0.05) is 44.9 Å². The molecule has 8 nitrogen and oxygen atoms in total. The minimum Gasteiger partial charge on any atom is -0.384 e. The molecule has 1 aromatic carbocycles. The van der Waals surface area contributed by atoms with Crippen molar-refractivity contribution in [1.82, 2.24) is 14.7 Å². The Hall–Kier alpha value is -2.74. The molecule has 1 aliphatic carbocycles. The second kappa shape index (κ2) is 9.81. The lowest BCUT2D eigenvalue weighted by molar-refractivity contribution is -0.132. The summed E-state index contributed by atoms with van der Waals surface area (Å²) in [7, 11) is 1.57. The van der Waals surface area contributed by atoms with E-state index in [4.69, 9.17) is 4.74 Å². The molecule has 4 amide bonds. The zero-order chi connectivity index (χ0) is 22.7. The van der Waals surface area contributed by atoms with Gasteiger partial charge in [0.05, 0.1) is 24.2 Å². The first-order valence-corrected chi connectivity index (χ1v) is 11.6. The van der Waals surface area contributed by atoms with Crippen LogP contribution in [-0.4, -0.2) is 84.3 Å². The van der Waals surface area contributed by atoms with Crippen molar-refractivity contribution in [3.05, 3.63) is 34.9 Å². The second-order valence-electron chi connectivity index (χ2n) is 8.80. The molecule has 0 radical (unpaired) electrons. The van der Waals surface area contributed by atoms with Gasteiger partial charge in [-0.05, 0) is 37.5 Å². The Kier molecular flexibility index (Phi) is 6.89. The highest BCUT2D eigenvalue weighted by Crippen LogP contribution is 2.31. The van der Waals surface area contributed by atoms with Crippen molar-refractivity contribution in [2.75, 3.05) is 39.9 Å². The van der Waals surface area contributed by atoms with Gasteiger partial charge in [0.2, 0.25) is 5.91 Å². The number of methoxy groups -OCH3 is 1. The maximum absolute atomic E-state index is 13.2. The smallest absolute Gasteiger partial charge is 0.261 e. The molecular weight excluding hydrogens is 410 g/mol. The summed E-state index contributed by atoms with van der Waals surface area (Å²) < 4.78 is 4.98. The molecular formula is C24H31N3O5. The van der Waals surface area contributed by atoms with Gasteiger partial charge in [0.15, 0.2) is 0 Å². The Balaban J connectivity index is 1.45. The maximum atomic E-state index is 13.2. The Bertz CT molecular complexity index is 909. The number of benzene rings is 1. The van der Waals surface area contributed by atoms with Crippen molar-refractivity contribution in [2.45, 2.75) is 51.0 Å². The summed E-state index contributed by atoms with van der Waals surface area (Å²) in [6.07, 6.45) is 5.94. The Labute approximate surface area is 188 Å². The van der Waals surface area contributed by atoms with Crippen LogP contribution in [0.5, 0.6) is 0 Å². The van der Waals surface area contributed by atoms with E-state index < -0.39 is 0 Å². The van der Waals surface area contributed by atoms with Crippen molar-refractivity contribution < 1.29 is 23.9 Å². The Morgan fingerprint density at radius 2 is 1.59 bits per heavy atom. The summed E-state index contributed by atoms with van der Waals surface area (Å²) >= 11 is 0. The van der Waals surface area contributed by atoms with Gasteiger partial charge in [0.1, 0.15) is 0 Å². The number of carbonyl (C=O) groups is 4. The summed E-state index contributed by atoms with van der Waals surface area (Å²) in [6, 6.07) is 4.79. The number of nitrogens with zero attached hydrogens (tertiary/aromatic N) is 3. The number of amides is 4. The normalized spacial score (nSPS) is 19.8. The highest BCUT2D eigenvalue weighted by Gasteiger charge is 2.40. The number of hydrogen-bond acceptors (Lipinski definition) is 5. The van der Waals surface area contributed by atoms with Crippen molar-refractivity contribution in [3.8, 4) is 0 Å². The molecule has 32 heavy (non-hydrogen) atoms. The molecule has 1 saturated heterocycles. The lowest BCUT2D eigenvalue weighted by atomic mass is 9.94. The standard InChI is InChI=1S/C24H31N3O5/c1-32-15-10-21(28)25-11-5-12-26(14-13-25)22(29)17-8-9-19-20(16-17)24(31)27(23(19)30)18-6-3-2-4-7-18/h8-9,16,18H,2-7,10-15H2,1H3. The average Bonchev–Trinajstić information content (AvgIpc) is 2.97. The maximum Gasteiger partial charge on any atom is 0.261 e. The second-order valence-corrected chi connectivity index (χ2v) is 8.80. The highest BCUT2D eigenvalue weighted by atomic mass is 16.5. The number of ether oxygens (including phenoxy) is 1. The molecule has 0 N–H and O–H groups in total. The van der Waals surface area contributed by atoms with E-state index in [1.54, 1.807) is 35.1 Å². The third-order valence-corrected chi connectivity index (χ3v) is 6.76. The average molecular weight is 442 g/mol. The summed E-state index contributed by atoms with van der Waals surface area (Å²) in [5.41, 5.74) is 1.13. The summed E-state index contributed by atoms with van der Waals surface area (Å²) in [4.78, 5) is 56.3. The molecule has 2 fully saturated rings. The van der Waals surface area contributed by atoms with Crippen LogP contribution in [0.3, 0.4) is 0 Å². The largest absolute Gasteiger partial charge is 0.384 e. The molecule has 0 atom stereocenters. The topological polar surface area (TPSA) is 87.2 Å². The van der Waals surface area contributed by atoms with Crippen LogP contribution in [-0.2, 0) is 9.53 Å². The number of imide groups is 1. The Morgan fingerprint density at radius 1 is 0.906 bits per heavy atom. The van der Waals surface area contributed by atoms with E-state index in [0.29, 0.717) is 62.3 Å². The van der Waals surface area contributed by atoms with E-state index in [9.17, 15) is 19.2 Å². The number of hydrogen-bond donors (Lipinski definition) is 0. The SMILES string of the molecule is COCCC(=O)N1CCCN(C(=O)c2ccc3c(c2)C(=O)N(C2CCCCC2)C3=O)CC1. The number of carbonyl (C=O) groups excluding carboxylic acids is 4. The van der Waals surface area contributed by atoms with E-state index in [1.165, 1.54) is 4.90 Å². The van der Waals surface area contributed by atoms with Crippen LogP contribution in [0.2, 0.25) is 0 Å². The fourth-order valence-electron chi connectivity index (χ4n) is 4.96. The van der Waals surface area contributed by atoms with Crippen LogP contribution in [0.25, 0.3) is 0 Å². The molecule has 0 aromatic heterocycles. The quantitative estimate of drug-likeness (QED) is 0.655. The number of fused-ring (bicyclic) bond motifs is 1. The molecule has 0 unspecified atom stereocenters. The lowest BCUT2D eigenvalue weighted by Gasteiger charge is -2.29. The summed E-state index contributed by atoms with van der Waals surface area (Å²) in [5, 5.41) is 0. The predicted octanol–water partition coefficient (Wildman–Crippen LogP) is 2.33. The van der Waals surface area contributed by atoms with Crippen molar-refractivity contribution in [2.24, 2.45) is 0 Å². The van der Waals surface area contributed by atoms with E-state index in [-0.39, 0.29) is 29.7 Å². The third kappa shape index (κ3) is 4.41. The van der Waals surface area contributed by atoms with Crippen LogP contribution in [0.4, 0.5) is 0 Å². The van der Waals surface area contributed by atoms with Gasteiger partial charge >= 0.3 is 0 Å². The van der Waals surface area contributed by atoms with E-state index in [2.05, 4.69) is 0 Å². The predicted molar refractivity (Wildman–Crippen MR) is 117 cm³/mol. The minimum absolute atomic E-state index is 0.0330. The van der Waals surface area contributed by atoms with E-state index >= 15 is 0 Å². The fourth-order valence-corrected chi connectivity index (χ4v) is 4.96. The van der Waals surface area contributed by atoms with Gasteiger partial charge in [-0.15, -0.1) is 0 Å². The fraction of sp³-hybridized carbons (Fsp3) is 0.583. The Morgan fingerprint density at radius 3 is 2.34 bits per heavy atom. The van der Waals surface area contributed by atoms with Crippen molar-refractivity contribution >= 4 is 23.6 Å². The molecule has 1 saturated carbocycles. The molecule has 3 aliphatic rings. The van der Waals surface area contributed by atoms with Crippen LogP contribution in [0.15, 0.2) is 18.2 Å². The van der Waals surface area contributed by atoms with Crippen molar-refractivity contribution in [3.63, 3.8) is 0 Å². The van der Waals surface area contributed by atoms with Crippen LogP contribution < -0.4 is 0 Å². The molecule has 2 aliphatic heterocycles. The van der Waals surface area contributed by atoms with Gasteiger partial charge in [-0.3, -0.25) is 24.1 Å². The minimum atomic E-state index is -0.280. The van der Waals surface area contributed by atoms with Crippen LogP contribution in [0, 0.1) is 0 Å². The molecule has 172 valence electrons. The van der Waals surface area contributed by atoms with E-state index in [1.807, 2.05) is 0 Å².